The van der Waals surface area contributed by atoms with Gasteiger partial charge in [-0.3, -0.25) is 9.69 Å². The summed E-state index contributed by atoms with van der Waals surface area (Å²) in [7, 11) is 0. The van der Waals surface area contributed by atoms with Crippen LogP contribution < -0.4 is 5.32 Å². The van der Waals surface area contributed by atoms with Gasteiger partial charge in [0.1, 0.15) is 5.82 Å². The number of hydrogen-bond donors (Lipinski definition) is 1. The van der Waals surface area contributed by atoms with Gasteiger partial charge in [0.15, 0.2) is 0 Å². The molecule has 0 aliphatic carbocycles. The summed E-state index contributed by atoms with van der Waals surface area (Å²) in [5.41, 5.74) is 0.117. The molecule has 3 nitrogen and oxygen atoms in total. The average molecular weight is 250 g/mol. The SMILES string of the molecule is C[C@@H](CNC(=O)c1ccccc1F)N1CCCC1. The van der Waals surface area contributed by atoms with Gasteiger partial charge in [-0.2, -0.15) is 0 Å². The number of carbonyl (C=O) groups excluding carboxylic acids is 1. The van der Waals surface area contributed by atoms with Gasteiger partial charge in [0.25, 0.3) is 5.91 Å². The summed E-state index contributed by atoms with van der Waals surface area (Å²) >= 11 is 0. The van der Waals surface area contributed by atoms with Crippen LogP contribution in [-0.2, 0) is 0 Å². The molecule has 4 heteroatoms. The van der Waals surface area contributed by atoms with E-state index in [1.54, 1.807) is 12.1 Å². The van der Waals surface area contributed by atoms with E-state index in [2.05, 4.69) is 17.1 Å². The summed E-state index contributed by atoms with van der Waals surface area (Å²) in [6.45, 7) is 4.84. The van der Waals surface area contributed by atoms with Crippen molar-refractivity contribution in [1.29, 1.82) is 0 Å². The minimum Gasteiger partial charge on any atom is -0.350 e. The van der Waals surface area contributed by atoms with E-state index in [0.717, 1.165) is 13.1 Å². The lowest BCUT2D eigenvalue weighted by molar-refractivity contribution is 0.0936. The minimum atomic E-state index is -0.469. The van der Waals surface area contributed by atoms with Crippen LogP contribution in [-0.4, -0.2) is 36.5 Å². The molecule has 1 heterocycles. The largest absolute Gasteiger partial charge is 0.350 e. The molecule has 1 N–H and O–H groups in total. The number of carbonyl (C=O) groups is 1. The van der Waals surface area contributed by atoms with Gasteiger partial charge in [-0.15, -0.1) is 0 Å². The van der Waals surface area contributed by atoms with Crippen LogP contribution in [0.3, 0.4) is 0 Å². The quantitative estimate of drug-likeness (QED) is 0.887. The molecule has 0 aromatic heterocycles. The van der Waals surface area contributed by atoms with Gasteiger partial charge in [0.2, 0.25) is 0 Å². The molecule has 2 rings (SSSR count). The van der Waals surface area contributed by atoms with Crippen LogP contribution in [0.25, 0.3) is 0 Å². The van der Waals surface area contributed by atoms with Crippen LogP contribution in [0.5, 0.6) is 0 Å². The predicted molar refractivity (Wildman–Crippen MR) is 69.0 cm³/mol. The molecule has 18 heavy (non-hydrogen) atoms. The number of amides is 1. The maximum atomic E-state index is 13.4. The molecule has 1 aliphatic rings. The van der Waals surface area contributed by atoms with E-state index in [-0.39, 0.29) is 11.5 Å². The fraction of sp³-hybridized carbons (Fsp3) is 0.500. The normalized spacial score (nSPS) is 17.7. The summed E-state index contributed by atoms with van der Waals surface area (Å²) < 4.78 is 13.4. The van der Waals surface area contributed by atoms with E-state index in [0.29, 0.717) is 12.6 Å². The number of halogens is 1. The average Bonchev–Trinajstić information content (AvgIpc) is 2.90. The Labute approximate surface area is 107 Å². The zero-order chi connectivity index (χ0) is 13.0. The first-order valence-corrected chi connectivity index (χ1v) is 6.45. The zero-order valence-electron chi connectivity index (χ0n) is 10.7. The van der Waals surface area contributed by atoms with E-state index >= 15 is 0 Å². The van der Waals surface area contributed by atoms with Crippen LogP contribution >= 0.6 is 0 Å². The first kappa shape index (κ1) is 13.0. The molecule has 0 saturated carbocycles. The number of rotatable bonds is 4. The molecule has 0 unspecified atom stereocenters. The summed E-state index contributed by atoms with van der Waals surface area (Å²) in [5, 5.41) is 2.80. The molecule has 1 aliphatic heterocycles. The maximum Gasteiger partial charge on any atom is 0.254 e. The maximum absolute atomic E-state index is 13.4. The van der Waals surface area contributed by atoms with Crippen molar-refractivity contribution >= 4 is 5.91 Å². The van der Waals surface area contributed by atoms with Crippen molar-refractivity contribution in [2.75, 3.05) is 19.6 Å². The minimum absolute atomic E-state index is 0.117. The highest BCUT2D eigenvalue weighted by molar-refractivity contribution is 5.94. The Hall–Kier alpha value is -1.42. The van der Waals surface area contributed by atoms with Crippen LogP contribution in [0.2, 0.25) is 0 Å². The summed E-state index contributed by atoms with van der Waals surface area (Å²) in [6.07, 6.45) is 2.46. The highest BCUT2D eigenvalue weighted by atomic mass is 19.1. The number of hydrogen-bond acceptors (Lipinski definition) is 2. The summed E-state index contributed by atoms with van der Waals surface area (Å²) in [4.78, 5) is 14.2. The molecule has 1 amide bonds. The number of benzene rings is 1. The van der Waals surface area contributed by atoms with Gasteiger partial charge in [0.05, 0.1) is 5.56 Å². The molecule has 1 saturated heterocycles. The Morgan fingerprint density at radius 3 is 2.72 bits per heavy atom. The smallest absolute Gasteiger partial charge is 0.254 e. The molecular weight excluding hydrogens is 231 g/mol. The second kappa shape index (κ2) is 5.96. The molecule has 0 bridgehead atoms. The third kappa shape index (κ3) is 3.07. The van der Waals surface area contributed by atoms with Crippen molar-refractivity contribution in [3.63, 3.8) is 0 Å². The third-order valence-electron chi connectivity index (χ3n) is 3.44. The predicted octanol–water partition coefficient (Wildman–Crippen LogP) is 2.04. The molecule has 1 fully saturated rings. The lowest BCUT2D eigenvalue weighted by atomic mass is 10.2. The molecule has 1 atom stereocenters. The van der Waals surface area contributed by atoms with Crippen LogP contribution in [0.15, 0.2) is 24.3 Å². The Kier molecular flexibility index (Phi) is 4.31. The Morgan fingerprint density at radius 2 is 2.06 bits per heavy atom. The van der Waals surface area contributed by atoms with Gasteiger partial charge < -0.3 is 5.32 Å². The van der Waals surface area contributed by atoms with Gasteiger partial charge in [-0.05, 0) is 45.0 Å². The van der Waals surface area contributed by atoms with Crippen LogP contribution in [0, 0.1) is 5.82 Å². The van der Waals surface area contributed by atoms with Gasteiger partial charge in [-0.1, -0.05) is 12.1 Å². The van der Waals surface area contributed by atoms with Crippen molar-refractivity contribution < 1.29 is 9.18 Å². The van der Waals surface area contributed by atoms with E-state index < -0.39 is 5.82 Å². The molecule has 1 aromatic carbocycles. The summed E-state index contributed by atoms with van der Waals surface area (Å²) in [6, 6.07) is 6.37. The van der Waals surface area contributed by atoms with Crippen molar-refractivity contribution in [3.05, 3.63) is 35.6 Å². The number of likely N-dealkylation sites (tertiary alicyclic amines) is 1. The standard InChI is InChI=1S/C14H19FN2O/c1-11(17-8-4-5-9-17)10-16-14(18)12-6-2-3-7-13(12)15/h2-3,6-7,11H,4-5,8-10H2,1H3,(H,16,18)/t11-/m0/s1. The monoisotopic (exact) mass is 250 g/mol. The number of nitrogens with one attached hydrogen (secondary N) is 1. The topological polar surface area (TPSA) is 32.3 Å². The summed E-state index contributed by atoms with van der Waals surface area (Å²) in [5.74, 6) is -0.803. The van der Waals surface area contributed by atoms with E-state index in [4.69, 9.17) is 0 Å². The second-order valence-corrected chi connectivity index (χ2v) is 4.78. The molecular formula is C14H19FN2O. The fourth-order valence-electron chi connectivity index (χ4n) is 2.29. The van der Waals surface area contributed by atoms with Crippen molar-refractivity contribution in [2.24, 2.45) is 0 Å². The van der Waals surface area contributed by atoms with Gasteiger partial charge >= 0.3 is 0 Å². The third-order valence-corrected chi connectivity index (χ3v) is 3.44. The highest BCUT2D eigenvalue weighted by Crippen LogP contribution is 2.11. The lowest BCUT2D eigenvalue weighted by Crippen LogP contribution is -2.40. The first-order valence-electron chi connectivity index (χ1n) is 6.45. The Bertz CT molecular complexity index is 416. The molecule has 0 radical (unpaired) electrons. The van der Waals surface area contributed by atoms with Gasteiger partial charge in [0, 0.05) is 12.6 Å². The van der Waals surface area contributed by atoms with Crippen LogP contribution in [0.4, 0.5) is 4.39 Å². The van der Waals surface area contributed by atoms with Crippen molar-refractivity contribution in [3.8, 4) is 0 Å². The van der Waals surface area contributed by atoms with Crippen LogP contribution in [0.1, 0.15) is 30.1 Å². The van der Waals surface area contributed by atoms with E-state index in [1.807, 2.05) is 0 Å². The lowest BCUT2D eigenvalue weighted by Gasteiger charge is -2.23. The Balaban J connectivity index is 1.86. The van der Waals surface area contributed by atoms with Crippen molar-refractivity contribution in [1.82, 2.24) is 10.2 Å². The highest BCUT2D eigenvalue weighted by Gasteiger charge is 2.19. The second-order valence-electron chi connectivity index (χ2n) is 4.78. The number of nitrogens with zero attached hydrogens (tertiary/aromatic N) is 1. The fourth-order valence-corrected chi connectivity index (χ4v) is 2.29. The molecule has 0 spiro atoms. The molecule has 98 valence electrons. The first-order chi connectivity index (χ1) is 8.68. The molecule has 1 aromatic rings. The van der Waals surface area contributed by atoms with Gasteiger partial charge in [-0.25, -0.2) is 4.39 Å². The Morgan fingerprint density at radius 1 is 1.39 bits per heavy atom. The zero-order valence-corrected chi connectivity index (χ0v) is 10.7. The van der Waals surface area contributed by atoms with E-state index in [1.165, 1.54) is 25.0 Å². The van der Waals surface area contributed by atoms with E-state index in [9.17, 15) is 9.18 Å². The van der Waals surface area contributed by atoms with Crippen molar-refractivity contribution in [2.45, 2.75) is 25.8 Å².